The number of thioether (sulfide) groups is 1. The molecular formula is C20H17FO2S. The Morgan fingerprint density at radius 3 is 2.58 bits per heavy atom. The summed E-state index contributed by atoms with van der Waals surface area (Å²) in [5.74, 6) is -1.15. The molecule has 0 atom stereocenters. The van der Waals surface area contributed by atoms with E-state index in [1.54, 1.807) is 17.8 Å². The molecule has 24 heavy (non-hydrogen) atoms. The number of fused-ring (bicyclic) bond motifs is 1. The van der Waals surface area contributed by atoms with Crippen LogP contribution in [0, 0.1) is 5.82 Å². The Labute approximate surface area is 144 Å². The molecule has 122 valence electrons. The number of allylic oxidation sites excluding steroid dienone is 3. The van der Waals surface area contributed by atoms with Gasteiger partial charge in [0.1, 0.15) is 5.82 Å². The zero-order valence-corrected chi connectivity index (χ0v) is 14.1. The van der Waals surface area contributed by atoms with Gasteiger partial charge >= 0.3 is 5.97 Å². The number of carboxylic acid groups (broad SMARTS) is 1. The molecule has 1 N–H and O–H groups in total. The first-order valence-electron chi connectivity index (χ1n) is 7.65. The number of carbonyl (C=O) groups is 1. The largest absolute Gasteiger partial charge is 0.481 e. The van der Waals surface area contributed by atoms with Crippen molar-refractivity contribution >= 4 is 35.0 Å². The van der Waals surface area contributed by atoms with Crippen LogP contribution in [0.5, 0.6) is 0 Å². The maximum Gasteiger partial charge on any atom is 0.303 e. The summed E-state index contributed by atoms with van der Waals surface area (Å²) in [6, 6.07) is 12.9. The Hall–Kier alpha value is -2.33. The summed E-state index contributed by atoms with van der Waals surface area (Å²) in [6.45, 7) is 0. The second-order valence-corrected chi connectivity index (χ2v) is 6.51. The first kappa shape index (κ1) is 16.5. The molecule has 1 aliphatic rings. The van der Waals surface area contributed by atoms with E-state index in [1.807, 2.05) is 24.5 Å². The predicted octanol–water partition coefficient (Wildman–Crippen LogP) is 5.35. The topological polar surface area (TPSA) is 37.3 Å². The molecule has 1 aliphatic carbocycles. The van der Waals surface area contributed by atoms with E-state index in [1.165, 1.54) is 17.0 Å². The van der Waals surface area contributed by atoms with E-state index in [4.69, 9.17) is 5.11 Å². The molecule has 0 saturated carbocycles. The van der Waals surface area contributed by atoms with E-state index in [0.29, 0.717) is 6.42 Å². The van der Waals surface area contributed by atoms with Gasteiger partial charge in [0, 0.05) is 11.3 Å². The SMILES string of the molecule is CSc1ccc(/C=C2\C=C(CCC(=O)O)c3cc(F)ccc32)cc1. The standard InChI is InChI=1S/C20H17FO2S/c1-24-17-6-2-13(3-7-17)10-15-11-14(4-9-20(22)23)19-12-16(21)5-8-18(15)19/h2-3,5-8,10-12H,4,9H2,1H3,(H,22,23)/b15-10+. The second kappa shape index (κ2) is 7.05. The number of hydrogen-bond acceptors (Lipinski definition) is 2. The lowest BCUT2D eigenvalue weighted by Crippen LogP contribution is -1.95. The minimum atomic E-state index is -0.848. The van der Waals surface area contributed by atoms with Crippen molar-refractivity contribution in [2.45, 2.75) is 17.7 Å². The lowest BCUT2D eigenvalue weighted by Gasteiger charge is -2.05. The summed E-state index contributed by atoms with van der Waals surface area (Å²) < 4.78 is 13.6. The zero-order valence-electron chi connectivity index (χ0n) is 13.3. The average molecular weight is 340 g/mol. The normalized spacial score (nSPS) is 14.6. The third kappa shape index (κ3) is 3.60. The van der Waals surface area contributed by atoms with Gasteiger partial charge in [0.2, 0.25) is 0 Å². The van der Waals surface area contributed by atoms with Crippen LogP contribution in [0.1, 0.15) is 29.5 Å². The van der Waals surface area contributed by atoms with Crippen LogP contribution >= 0.6 is 11.8 Å². The van der Waals surface area contributed by atoms with Gasteiger partial charge in [-0.25, -0.2) is 4.39 Å². The molecule has 0 amide bonds. The average Bonchev–Trinajstić information content (AvgIpc) is 2.90. The number of hydrogen-bond donors (Lipinski definition) is 1. The summed E-state index contributed by atoms with van der Waals surface area (Å²) >= 11 is 1.69. The van der Waals surface area contributed by atoms with Crippen LogP contribution in [0.2, 0.25) is 0 Å². The van der Waals surface area contributed by atoms with E-state index >= 15 is 0 Å². The fourth-order valence-electron chi connectivity index (χ4n) is 2.82. The van der Waals surface area contributed by atoms with Crippen molar-refractivity contribution in [2.75, 3.05) is 6.26 Å². The number of rotatable bonds is 5. The number of carboxylic acids is 1. The quantitative estimate of drug-likeness (QED) is 0.746. The first-order chi connectivity index (χ1) is 11.6. The van der Waals surface area contributed by atoms with Gasteiger partial charge in [0.25, 0.3) is 0 Å². The van der Waals surface area contributed by atoms with Crippen molar-refractivity contribution in [1.82, 2.24) is 0 Å². The van der Waals surface area contributed by atoms with E-state index in [2.05, 4.69) is 18.2 Å². The smallest absolute Gasteiger partial charge is 0.303 e. The molecule has 2 aromatic carbocycles. The fraction of sp³-hybridized carbons (Fsp3) is 0.150. The van der Waals surface area contributed by atoms with Crippen LogP contribution in [0.4, 0.5) is 4.39 Å². The zero-order chi connectivity index (χ0) is 17.1. The van der Waals surface area contributed by atoms with Gasteiger partial charge in [-0.2, -0.15) is 0 Å². The maximum absolute atomic E-state index is 13.6. The second-order valence-electron chi connectivity index (χ2n) is 5.63. The minimum Gasteiger partial charge on any atom is -0.481 e. The van der Waals surface area contributed by atoms with E-state index < -0.39 is 5.97 Å². The highest BCUT2D eigenvalue weighted by Crippen LogP contribution is 2.39. The number of halogens is 1. The van der Waals surface area contributed by atoms with Gasteiger partial charge < -0.3 is 5.11 Å². The Balaban J connectivity index is 1.97. The molecule has 0 fully saturated rings. The molecule has 0 heterocycles. The Morgan fingerprint density at radius 1 is 1.17 bits per heavy atom. The van der Waals surface area contributed by atoms with Crippen LogP contribution in [0.15, 0.2) is 53.4 Å². The van der Waals surface area contributed by atoms with Crippen LogP contribution < -0.4 is 0 Å². The molecule has 0 spiro atoms. The molecular weight excluding hydrogens is 323 g/mol. The third-order valence-corrected chi connectivity index (χ3v) is 4.76. The van der Waals surface area contributed by atoms with Crippen LogP contribution in [-0.4, -0.2) is 17.3 Å². The molecule has 3 rings (SSSR count). The summed E-state index contributed by atoms with van der Waals surface area (Å²) in [5.41, 5.74) is 4.67. The number of benzene rings is 2. The Morgan fingerprint density at radius 2 is 1.92 bits per heavy atom. The fourth-order valence-corrected chi connectivity index (χ4v) is 3.23. The number of aliphatic carboxylic acids is 1. The minimum absolute atomic E-state index is 0.0392. The molecule has 4 heteroatoms. The van der Waals surface area contributed by atoms with E-state index in [-0.39, 0.29) is 12.2 Å². The van der Waals surface area contributed by atoms with Gasteiger partial charge in [-0.05, 0) is 70.9 Å². The first-order valence-corrected chi connectivity index (χ1v) is 8.88. The highest BCUT2D eigenvalue weighted by molar-refractivity contribution is 7.98. The molecule has 0 bridgehead atoms. The van der Waals surface area contributed by atoms with Gasteiger partial charge in [0.05, 0.1) is 0 Å². The van der Waals surface area contributed by atoms with Crippen LogP contribution in [-0.2, 0) is 4.79 Å². The molecule has 2 aromatic rings. The van der Waals surface area contributed by atoms with Gasteiger partial charge in [-0.3, -0.25) is 4.79 Å². The predicted molar refractivity (Wildman–Crippen MR) is 97.3 cm³/mol. The highest BCUT2D eigenvalue weighted by atomic mass is 32.2. The summed E-state index contributed by atoms with van der Waals surface area (Å²) in [5, 5.41) is 8.91. The summed E-state index contributed by atoms with van der Waals surface area (Å²) in [4.78, 5) is 12.0. The molecule has 0 radical (unpaired) electrons. The molecule has 0 unspecified atom stereocenters. The lowest BCUT2D eigenvalue weighted by atomic mass is 10.0. The van der Waals surface area contributed by atoms with E-state index in [9.17, 15) is 9.18 Å². The van der Waals surface area contributed by atoms with Gasteiger partial charge in [0.15, 0.2) is 0 Å². The van der Waals surface area contributed by atoms with Crippen molar-refractivity contribution in [1.29, 1.82) is 0 Å². The van der Waals surface area contributed by atoms with Crippen molar-refractivity contribution in [3.8, 4) is 0 Å². The third-order valence-electron chi connectivity index (χ3n) is 4.01. The van der Waals surface area contributed by atoms with Crippen molar-refractivity contribution in [2.24, 2.45) is 0 Å². The van der Waals surface area contributed by atoms with Gasteiger partial charge in [-0.1, -0.05) is 24.3 Å². The monoisotopic (exact) mass is 340 g/mol. The van der Waals surface area contributed by atoms with E-state index in [0.717, 1.165) is 27.8 Å². The van der Waals surface area contributed by atoms with Crippen LogP contribution in [0.25, 0.3) is 17.2 Å². The van der Waals surface area contributed by atoms with Crippen molar-refractivity contribution in [3.63, 3.8) is 0 Å². The van der Waals surface area contributed by atoms with Crippen molar-refractivity contribution < 1.29 is 14.3 Å². The molecule has 0 saturated heterocycles. The molecule has 0 aromatic heterocycles. The Kier molecular flexibility index (Phi) is 4.86. The maximum atomic E-state index is 13.6. The van der Waals surface area contributed by atoms with Gasteiger partial charge in [-0.15, -0.1) is 11.8 Å². The molecule has 0 aliphatic heterocycles. The highest BCUT2D eigenvalue weighted by Gasteiger charge is 2.19. The molecule has 2 nitrogen and oxygen atoms in total. The lowest BCUT2D eigenvalue weighted by molar-refractivity contribution is -0.136. The van der Waals surface area contributed by atoms with Crippen LogP contribution in [0.3, 0.4) is 0 Å². The summed E-state index contributed by atoms with van der Waals surface area (Å²) in [7, 11) is 0. The Bertz CT molecular complexity index is 835. The van der Waals surface area contributed by atoms with Crippen molar-refractivity contribution in [3.05, 3.63) is 71.0 Å². The summed E-state index contributed by atoms with van der Waals surface area (Å²) in [6.07, 6.45) is 6.49.